The molecule has 2 rings (SSSR count). The van der Waals surface area contributed by atoms with Crippen LogP contribution in [0.4, 0.5) is 24.5 Å². The van der Waals surface area contributed by atoms with Gasteiger partial charge in [0.2, 0.25) is 5.91 Å². The fourth-order valence-electron chi connectivity index (χ4n) is 2.30. The van der Waals surface area contributed by atoms with Crippen molar-refractivity contribution in [1.82, 2.24) is 9.78 Å². The van der Waals surface area contributed by atoms with E-state index in [0.717, 1.165) is 4.68 Å². The molecule has 1 atom stereocenters. The van der Waals surface area contributed by atoms with Gasteiger partial charge >= 0.3 is 6.18 Å². The van der Waals surface area contributed by atoms with Crippen LogP contribution < -0.4 is 5.32 Å². The Morgan fingerprint density at radius 3 is 2.50 bits per heavy atom. The van der Waals surface area contributed by atoms with Crippen molar-refractivity contribution in [3.63, 3.8) is 0 Å². The molecule has 0 bridgehead atoms. The summed E-state index contributed by atoms with van der Waals surface area (Å²) < 4.78 is 39.5. The lowest BCUT2D eigenvalue weighted by Crippen LogP contribution is -2.26. The summed E-state index contributed by atoms with van der Waals surface area (Å²) in [7, 11) is 0. The SMILES string of the molecule is Cc1ccc(NC(=O)C(C)n2nc(C(F)(F)F)c(Cl)c2C)c([N+](=O)[O-])c1. The molecule has 1 aromatic carbocycles. The van der Waals surface area contributed by atoms with Crippen LogP contribution in [0.15, 0.2) is 18.2 Å². The van der Waals surface area contributed by atoms with Crippen LogP contribution in [0.1, 0.15) is 29.9 Å². The second kappa shape index (κ2) is 6.94. The normalized spacial score (nSPS) is 12.7. The molecular formula is C15H14ClF3N4O3. The monoisotopic (exact) mass is 390 g/mol. The molecule has 0 spiro atoms. The summed E-state index contributed by atoms with van der Waals surface area (Å²) in [5.74, 6) is -0.770. The lowest BCUT2D eigenvalue weighted by atomic mass is 10.2. The minimum absolute atomic E-state index is 0.0416. The zero-order valence-corrected chi connectivity index (χ0v) is 14.6. The average molecular weight is 391 g/mol. The number of anilines is 1. The first-order valence-electron chi connectivity index (χ1n) is 7.31. The number of nitro benzene ring substituents is 1. The standard InChI is InChI=1S/C15H14ClF3N4O3/c1-7-4-5-10(11(6-7)23(25)26)20-14(24)9(3)22-8(2)12(16)13(21-22)15(17,18)19/h4-6,9H,1-3H3,(H,20,24). The first-order valence-corrected chi connectivity index (χ1v) is 7.69. The summed E-state index contributed by atoms with van der Waals surface area (Å²) in [6, 6.07) is 3.01. The Kier molecular flexibility index (Phi) is 5.26. The number of nitrogens with one attached hydrogen (secondary N) is 1. The molecule has 0 aliphatic heterocycles. The van der Waals surface area contributed by atoms with E-state index in [9.17, 15) is 28.1 Å². The molecule has 0 aliphatic carbocycles. The summed E-state index contributed by atoms with van der Waals surface area (Å²) in [5.41, 5.74) is -1.11. The van der Waals surface area contributed by atoms with Gasteiger partial charge in [0.05, 0.1) is 15.6 Å². The van der Waals surface area contributed by atoms with Gasteiger partial charge in [0.15, 0.2) is 5.69 Å². The first kappa shape index (κ1) is 19.7. The third-order valence-corrected chi connectivity index (χ3v) is 4.15. The number of nitrogens with zero attached hydrogens (tertiary/aromatic N) is 3. The third-order valence-electron chi connectivity index (χ3n) is 3.70. The molecule has 0 aliphatic rings. The van der Waals surface area contributed by atoms with Gasteiger partial charge < -0.3 is 5.32 Å². The molecule has 0 radical (unpaired) electrons. The topological polar surface area (TPSA) is 90.1 Å². The smallest absolute Gasteiger partial charge is 0.319 e. The maximum atomic E-state index is 12.9. The van der Waals surface area contributed by atoms with E-state index in [1.165, 1.54) is 26.0 Å². The van der Waals surface area contributed by atoms with Gasteiger partial charge in [-0.3, -0.25) is 19.6 Å². The molecule has 11 heteroatoms. The molecular weight excluding hydrogens is 377 g/mol. The molecule has 26 heavy (non-hydrogen) atoms. The van der Waals surface area contributed by atoms with Crippen LogP contribution in [0.25, 0.3) is 0 Å². The van der Waals surface area contributed by atoms with Crippen LogP contribution in [0.2, 0.25) is 5.02 Å². The first-order chi connectivity index (χ1) is 11.9. The molecule has 140 valence electrons. The quantitative estimate of drug-likeness (QED) is 0.623. The summed E-state index contributed by atoms with van der Waals surface area (Å²) >= 11 is 5.67. The van der Waals surface area contributed by atoms with Gasteiger partial charge in [0, 0.05) is 6.07 Å². The molecule has 0 saturated heterocycles. The van der Waals surface area contributed by atoms with E-state index < -0.39 is 33.8 Å². The third kappa shape index (κ3) is 3.79. The molecule has 7 nitrogen and oxygen atoms in total. The van der Waals surface area contributed by atoms with Crippen molar-refractivity contribution in [3.05, 3.63) is 50.3 Å². The number of rotatable bonds is 4. The average Bonchev–Trinajstić information content (AvgIpc) is 2.84. The molecule has 0 fully saturated rings. The lowest BCUT2D eigenvalue weighted by Gasteiger charge is -2.15. The fourth-order valence-corrected chi connectivity index (χ4v) is 2.53. The van der Waals surface area contributed by atoms with E-state index in [1.54, 1.807) is 13.0 Å². The zero-order chi connectivity index (χ0) is 19.8. The zero-order valence-electron chi connectivity index (χ0n) is 13.9. The van der Waals surface area contributed by atoms with Gasteiger partial charge in [-0.05, 0) is 32.4 Å². The number of alkyl halides is 3. The van der Waals surface area contributed by atoms with Gasteiger partial charge in [-0.25, -0.2) is 0 Å². The summed E-state index contributed by atoms with van der Waals surface area (Å²) in [5, 5.41) is 16.2. The van der Waals surface area contributed by atoms with Crippen LogP contribution in [-0.2, 0) is 11.0 Å². The van der Waals surface area contributed by atoms with Crippen LogP contribution in [0.3, 0.4) is 0 Å². The molecule has 1 heterocycles. The van der Waals surface area contributed by atoms with Crippen LogP contribution in [-0.4, -0.2) is 20.6 Å². The van der Waals surface area contributed by atoms with Crippen LogP contribution in [0, 0.1) is 24.0 Å². The molecule has 1 aromatic heterocycles. The Bertz CT molecular complexity index is 880. The van der Waals surface area contributed by atoms with Crippen molar-refractivity contribution in [1.29, 1.82) is 0 Å². The Morgan fingerprint density at radius 2 is 2.00 bits per heavy atom. The highest BCUT2D eigenvalue weighted by Crippen LogP contribution is 2.36. The summed E-state index contributed by atoms with van der Waals surface area (Å²) in [6.45, 7) is 4.25. The van der Waals surface area contributed by atoms with Gasteiger partial charge in [0.1, 0.15) is 11.7 Å². The number of hydrogen-bond donors (Lipinski definition) is 1. The number of hydrogen-bond acceptors (Lipinski definition) is 4. The Morgan fingerprint density at radius 1 is 1.38 bits per heavy atom. The van der Waals surface area contributed by atoms with E-state index in [0.29, 0.717) is 5.56 Å². The van der Waals surface area contributed by atoms with E-state index in [2.05, 4.69) is 10.4 Å². The summed E-state index contributed by atoms with van der Waals surface area (Å²) in [6.07, 6.45) is -4.76. The molecule has 2 aromatic rings. The van der Waals surface area contributed by atoms with E-state index >= 15 is 0 Å². The number of carbonyl (C=O) groups excluding carboxylic acids is 1. The van der Waals surface area contributed by atoms with Gasteiger partial charge in [-0.2, -0.15) is 18.3 Å². The van der Waals surface area contributed by atoms with Crippen molar-refractivity contribution in [3.8, 4) is 0 Å². The number of amides is 1. The lowest BCUT2D eigenvalue weighted by molar-refractivity contribution is -0.384. The second-order valence-electron chi connectivity index (χ2n) is 5.63. The summed E-state index contributed by atoms with van der Waals surface area (Å²) in [4.78, 5) is 22.8. The predicted octanol–water partition coefficient (Wildman–Crippen LogP) is 4.28. The largest absolute Gasteiger partial charge is 0.436 e. The van der Waals surface area contributed by atoms with Crippen molar-refractivity contribution >= 4 is 28.9 Å². The van der Waals surface area contributed by atoms with E-state index in [1.807, 2.05) is 0 Å². The van der Waals surface area contributed by atoms with Gasteiger partial charge in [-0.1, -0.05) is 17.7 Å². The molecule has 1 N–H and O–H groups in total. The van der Waals surface area contributed by atoms with E-state index in [-0.39, 0.29) is 17.1 Å². The number of carbonyl (C=O) groups is 1. The van der Waals surface area contributed by atoms with Gasteiger partial charge in [-0.15, -0.1) is 0 Å². The number of aromatic nitrogens is 2. The molecule has 0 saturated carbocycles. The van der Waals surface area contributed by atoms with E-state index in [4.69, 9.17) is 11.6 Å². The molecule has 1 amide bonds. The number of nitro groups is 1. The highest BCUT2D eigenvalue weighted by Gasteiger charge is 2.39. The van der Waals surface area contributed by atoms with Crippen molar-refractivity contribution in [2.45, 2.75) is 33.0 Å². The maximum Gasteiger partial charge on any atom is 0.436 e. The number of benzene rings is 1. The minimum Gasteiger partial charge on any atom is -0.319 e. The van der Waals surface area contributed by atoms with Crippen molar-refractivity contribution in [2.24, 2.45) is 0 Å². The predicted molar refractivity (Wildman–Crippen MR) is 88.2 cm³/mol. The van der Waals surface area contributed by atoms with Crippen LogP contribution in [0.5, 0.6) is 0 Å². The second-order valence-corrected chi connectivity index (χ2v) is 6.01. The minimum atomic E-state index is -4.76. The fraction of sp³-hybridized carbons (Fsp3) is 0.333. The highest BCUT2D eigenvalue weighted by atomic mass is 35.5. The van der Waals surface area contributed by atoms with Crippen LogP contribution >= 0.6 is 11.6 Å². The highest BCUT2D eigenvalue weighted by molar-refractivity contribution is 6.32. The Labute approximate surface area is 150 Å². The Hall–Kier alpha value is -2.62. The van der Waals surface area contributed by atoms with Crippen molar-refractivity contribution < 1.29 is 22.9 Å². The van der Waals surface area contributed by atoms with Gasteiger partial charge in [0.25, 0.3) is 5.69 Å². The van der Waals surface area contributed by atoms with Crippen molar-refractivity contribution in [2.75, 3.05) is 5.32 Å². The maximum absolute atomic E-state index is 12.9. The number of aryl methyl sites for hydroxylation is 1. The molecule has 1 unspecified atom stereocenters. The number of halogens is 4. The Balaban J connectivity index is 2.34.